The molecule has 2 rings (SSSR count). The molecule has 0 spiro atoms. The Morgan fingerprint density at radius 2 is 2.18 bits per heavy atom. The highest BCUT2D eigenvalue weighted by molar-refractivity contribution is 4.95. The number of rotatable bonds is 0. The topological polar surface area (TPSA) is 65.3 Å². The van der Waals surface area contributed by atoms with E-state index >= 15 is 0 Å². The maximum Gasteiger partial charge on any atom is 0.0802 e. The number of fused-ring (bicyclic) bond motifs is 1. The Morgan fingerprint density at radius 3 is 2.91 bits per heavy atom. The maximum atomic E-state index is 5.84. The van der Waals surface area contributed by atoms with Crippen molar-refractivity contribution in [2.75, 3.05) is 20.4 Å². The molecule has 0 aromatic carbocycles. The lowest BCUT2D eigenvalue weighted by Crippen LogP contribution is -2.67. The zero-order chi connectivity index (χ0) is 7.84. The SMILES string of the molecule is CN1CNC2C(N)NCNC21. The van der Waals surface area contributed by atoms with Gasteiger partial charge < -0.3 is 5.73 Å². The maximum absolute atomic E-state index is 5.84. The second kappa shape index (κ2) is 2.69. The van der Waals surface area contributed by atoms with E-state index in [2.05, 4.69) is 27.9 Å². The number of likely N-dealkylation sites (N-methyl/N-ethyl adjacent to an activating group) is 1. The third kappa shape index (κ3) is 1.15. The van der Waals surface area contributed by atoms with Crippen LogP contribution in [0.2, 0.25) is 0 Å². The van der Waals surface area contributed by atoms with Crippen molar-refractivity contribution in [3.63, 3.8) is 0 Å². The van der Waals surface area contributed by atoms with Crippen LogP contribution in [-0.2, 0) is 0 Å². The average molecular weight is 157 g/mol. The molecule has 0 aromatic rings. The summed E-state index contributed by atoms with van der Waals surface area (Å²) in [6, 6.07) is 0.341. The number of hydrogen-bond donors (Lipinski definition) is 4. The van der Waals surface area contributed by atoms with E-state index < -0.39 is 0 Å². The first-order valence-corrected chi connectivity index (χ1v) is 3.95. The highest BCUT2D eigenvalue weighted by atomic mass is 15.4. The van der Waals surface area contributed by atoms with Gasteiger partial charge in [0.05, 0.1) is 18.4 Å². The number of nitrogens with one attached hydrogen (secondary N) is 3. The van der Waals surface area contributed by atoms with Gasteiger partial charge in [0.1, 0.15) is 0 Å². The molecule has 2 fully saturated rings. The van der Waals surface area contributed by atoms with Gasteiger partial charge >= 0.3 is 0 Å². The molecule has 3 atom stereocenters. The standard InChI is InChI=1S/C6H15N5/c1-11-3-10-4-5(7)8-2-9-6(4)11/h4-6,8-10H,2-3,7H2,1H3. The molecule has 5 heteroatoms. The Morgan fingerprint density at radius 1 is 1.36 bits per heavy atom. The Balaban J connectivity index is 2.07. The van der Waals surface area contributed by atoms with Gasteiger partial charge in [0.15, 0.2) is 0 Å². The summed E-state index contributed by atoms with van der Waals surface area (Å²) in [5.41, 5.74) is 5.84. The first-order chi connectivity index (χ1) is 5.29. The second-order valence-corrected chi connectivity index (χ2v) is 3.20. The zero-order valence-electron chi connectivity index (χ0n) is 6.67. The highest BCUT2D eigenvalue weighted by Gasteiger charge is 2.37. The summed E-state index contributed by atoms with van der Waals surface area (Å²) in [4.78, 5) is 2.23. The average Bonchev–Trinajstić information content (AvgIpc) is 2.35. The van der Waals surface area contributed by atoms with E-state index in [0.717, 1.165) is 13.3 Å². The van der Waals surface area contributed by atoms with Gasteiger partial charge in [0, 0.05) is 13.3 Å². The summed E-state index contributed by atoms with van der Waals surface area (Å²) in [7, 11) is 2.09. The van der Waals surface area contributed by atoms with Crippen molar-refractivity contribution < 1.29 is 0 Å². The third-order valence-electron chi connectivity index (χ3n) is 2.43. The van der Waals surface area contributed by atoms with Crippen LogP contribution in [0, 0.1) is 0 Å². The van der Waals surface area contributed by atoms with Crippen LogP contribution in [-0.4, -0.2) is 43.7 Å². The summed E-state index contributed by atoms with van der Waals surface area (Å²) >= 11 is 0. The molecule has 2 aliphatic heterocycles. The van der Waals surface area contributed by atoms with Crippen LogP contribution in [0.25, 0.3) is 0 Å². The quantitative estimate of drug-likeness (QED) is 0.316. The van der Waals surface area contributed by atoms with Crippen molar-refractivity contribution in [3.05, 3.63) is 0 Å². The van der Waals surface area contributed by atoms with Crippen LogP contribution in [0.5, 0.6) is 0 Å². The first kappa shape index (κ1) is 7.45. The fraction of sp³-hybridized carbons (Fsp3) is 1.00. The molecule has 0 amide bonds. The minimum absolute atomic E-state index is 0.0752. The van der Waals surface area contributed by atoms with Crippen LogP contribution in [0.4, 0.5) is 0 Å². The van der Waals surface area contributed by atoms with Gasteiger partial charge in [0.25, 0.3) is 0 Å². The molecule has 0 aromatic heterocycles. The number of nitrogens with two attached hydrogens (primary N) is 1. The van der Waals surface area contributed by atoms with Gasteiger partial charge in [-0.2, -0.15) is 0 Å². The highest BCUT2D eigenvalue weighted by Crippen LogP contribution is 2.09. The lowest BCUT2D eigenvalue weighted by molar-refractivity contribution is 0.188. The number of nitrogens with zero attached hydrogens (tertiary/aromatic N) is 1. The predicted octanol–water partition coefficient (Wildman–Crippen LogP) is -2.39. The Labute approximate surface area is 66.3 Å². The third-order valence-corrected chi connectivity index (χ3v) is 2.43. The molecular weight excluding hydrogens is 142 g/mol. The molecule has 0 saturated carbocycles. The van der Waals surface area contributed by atoms with Crippen molar-refractivity contribution >= 4 is 0 Å². The molecule has 5 N–H and O–H groups in total. The van der Waals surface area contributed by atoms with E-state index in [4.69, 9.17) is 5.73 Å². The van der Waals surface area contributed by atoms with Gasteiger partial charge in [-0.3, -0.25) is 20.9 Å². The predicted molar refractivity (Wildman–Crippen MR) is 42.5 cm³/mol. The summed E-state index contributed by atoms with van der Waals surface area (Å²) in [5, 5.41) is 9.82. The Kier molecular flexibility index (Phi) is 1.82. The van der Waals surface area contributed by atoms with Crippen molar-refractivity contribution in [3.8, 4) is 0 Å². The molecule has 3 unspecified atom stereocenters. The van der Waals surface area contributed by atoms with Crippen molar-refractivity contribution in [2.45, 2.75) is 18.4 Å². The van der Waals surface area contributed by atoms with Crippen LogP contribution in [0.3, 0.4) is 0 Å². The summed E-state index contributed by atoms with van der Waals surface area (Å²) in [6.07, 6.45) is 0.470. The van der Waals surface area contributed by atoms with Crippen molar-refractivity contribution in [1.82, 2.24) is 20.9 Å². The largest absolute Gasteiger partial charge is 0.314 e. The molecule has 11 heavy (non-hydrogen) atoms. The van der Waals surface area contributed by atoms with E-state index in [0.29, 0.717) is 12.2 Å². The molecule has 2 aliphatic rings. The van der Waals surface area contributed by atoms with Gasteiger partial charge in [0.2, 0.25) is 0 Å². The molecule has 0 aliphatic carbocycles. The molecule has 0 radical (unpaired) electrons. The molecule has 2 saturated heterocycles. The van der Waals surface area contributed by atoms with E-state index in [1.165, 1.54) is 0 Å². The monoisotopic (exact) mass is 157 g/mol. The summed E-state index contributed by atoms with van der Waals surface area (Å²) in [5.74, 6) is 0. The van der Waals surface area contributed by atoms with E-state index in [1.807, 2.05) is 0 Å². The van der Waals surface area contributed by atoms with Crippen LogP contribution < -0.4 is 21.7 Å². The van der Waals surface area contributed by atoms with Gasteiger partial charge in [-0.05, 0) is 7.05 Å². The lowest BCUT2D eigenvalue weighted by atomic mass is 10.1. The van der Waals surface area contributed by atoms with E-state index in [9.17, 15) is 0 Å². The normalized spacial score (nSPS) is 45.8. The van der Waals surface area contributed by atoms with Crippen LogP contribution in [0.1, 0.15) is 0 Å². The molecule has 2 heterocycles. The van der Waals surface area contributed by atoms with Gasteiger partial charge in [-0.1, -0.05) is 0 Å². The minimum atomic E-state index is 0.0752. The van der Waals surface area contributed by atoms with Gasteiger partial charge in [-0.25, -0.2) is 0 Å². The molecule has 0 bridgehead atoms. The lowest BCUT2D eigenvalue weighted by Gasteiger charge is -2.34. The van der Waals surface area contributed by atoms with Crippen molar-refractivity contribution in [2.24, 2.45) is 5.73 Å². The Hall–Kier alpha value is -0.200. The molecule has 5 nitrogen and oxygen atoms in total. The second-order valence-electron chi connectivity index (χ2n) is 3.20. The molecule has 64 valence electrons. The zero-order valence-corrected chi connectivity index (χ0v) is 6.67. The fourth-order valence-corrected chi connectivity index (χ4v) is 1.75. The van der Waals surface area contributed by atoms with Crippen LogP contribution in [0.15, 0.2) is 0 Å². The number of hydrogen-bond acceptors (Lipinski definition) is 5. The van der Waals surface area contributed by atoms with Crippen LogP contribution >= 0.6 is 0 Å². The minimum Gasteiger partial charge on any atom is -0.314 e. The van der Waals surface area contributed by atoms with E-state index in [-0.39, 0.29) is 6.17 Å². The fourth-order valence-electron chi connectivity index (χ4n) is 1.75. The van der Waals surface area contributed by atoms with Gasteiger partial charge in [-0.15, -0.1) is 0 Å². The molecular formula is C6H15N5. The smallest absolute Gasteiger partial charge is 0.0802 e. The summed E-state index contributed by atoms with van der Waals surface area (Å²) < 4.78 is 0. The van der Waals surface area contributed by atoms with E-state index in [1.54, 1.807) is 0 Å². The first-order valence-electron chi connectivity index (χ1n) is 3.95. The van der Waals surface area contributed by atoms with Crippen molar-refractivity contribution in [1.29, 1.82) is 0 Å². The summed E-state index contributed by atoms with van der Waals surface area (Å²) in [6.45, 7) is 1.71. The Bertz CT molecular complexity index is 148.